The van der Waals surface area contributed by atoms with Crippen LogP contribution in [-0.2, 0) is 21.4 Å². The van der Waals surface area contributed by atoms with Crippen molar-refractivity contribution in [2.45, 2.75) is 13.0 Å². The number of nitrogens with zero attached hydrogens (tertiary/aromatic N) is 2. The summed E-state index contributed by atoms with van der Waals surface area (Å²) in [5.41, 5.74) is 3.65. The maximum Gasteiger partial charge on any atom is 0.244 e. The van der Waals surface area contributed by atoms with E-state index in [0.717, 1.165) is 16.8 Å². The lowest BCUT2D eigenvalue weighted by Gasteiger charge is -2.16. The lowest BCUT2D eigenvalue weighted by Crippen LogP contribution is -2.24. The molecule has 3 rings (SSSR count). The Morgan fingerprint density at radius 1 is 1.11 bits per heavy atom. The van der Waals surface area contributed by atoms with Gasteiger partial charge in [-0.3, -0.25) is 9.10 Å². The molecule has 0 aromatic heterocycles. The summed E-state index contributed by atoms with van der Waals surface area (Å²) in [5, 5.41) is 2.86. The van der Waals surface area contributed by atoms with Crippen LogP contribution in [0.1, 0.15) is 17.5 Å². The third-order valence-electron chi connectivity index (χ3n) is 4.63. The van der Waals surface area contributed by atoms with Crippen LogP contribution in [0.5, 0.6) is 0 Å². The second kappa shape index (κ2) is 8.48. The van der Waals surface area contributed by atoms with E-state index in [-0.39, 0.29) is 11.7 Å². The molecule has 1 amide bonds. The van der Waals surface area contributed by atoms with E-state index in [0.29, 0.717) is 25.2 Å². The first-order valence-corrected chi connectivity index (χ1v) is 10.8. The zero-order valence-electron chi connectivity index (χ0n) is 16.1. The van der Waals surface area contributed by atoms with Gasteiger partial charge in [-0.2, -0.15) is 0 Å². The van der Waals surface area contributed by atoms with Crippen molar-refractivity contribution in [2.75, 3.05) is 35.6 Å². The van der Waals surface area contributed by atoms with Gasteiger partial charge in [-0.25, -0.2) is 8.42 Å². The van der Waals surface area contributed by atoms with Gasteiger partial charge in [0.25, 0.3) is 0 Å². The monoisotopic (exact) mass is 399 g/mol. The molecular formula is C21H25N3O3S. The van der Waals surface area contributed by atoms with Crippen molar-refractivity contribution in [1.82, 2.24) is 5.32 Å². The number of hydrogen-bond donors (Lipinski definition) is 1. The summed E-state index contributed by atoms with van der Waals surface area (Å²) in [6.45, 7) is 0.984. The molecule has 0 radical (unpaired) electrons. The number of nitrogens with one attached hydrogen (secondary N) is 1. The average molecular weight is 400 g/mol. The summed E-state index contributed by atoms with van der Waals surface area (Å²) in [6, 6.07) is 15.2. The van der Waals surface area contributed by atoms with Gasteiger partial charge in [0.15, 0.2) is 0 Å². The van der Waals surface area contributed by atoms with Crippen LogP contribution in [0.2, 0.25) is 0 Å². The van der Waals surface area contributed by atoms with Gasteiger partial charge in [0.05, 0.1) is 11.4 Å². The molecule has 1 heterocycles. The molecule has 0 atom stereocenters. The number of hydrogen-bond acceptors (Lipinski definition) is 4. The maximum atomic E-state index is 12.0. The summed E-state index contributed by atoms with van der Waals surface area (Å²) < 4.78 is 25.4. The molecule has 6 nitrogen and oxygen atoms in total. The van der Waals surface area contributed by atoms with Gasteiger partial charge in [0, 0.05) is 38.9 Å². The lowest BCUT2D eigenvalue weighted by molar-refractivity contribution is -0.116. The Bertz CT molecular complexity index is 949. The van der Waals surface area contributed by atoms with Crippen molar-refractivity contribution < 1.29 is 13.2 Å². The van der Waals surface area contributed by atoms with E-state index in [4.69, 9.17) is 0 Å². The Morgan fingerprint density at radius 3 is 2.36 bits per heavy atom. The molecule has 1 saturated heterocycles. The lowest BCUT2D eigenvalue weighted by atomic mass is 10.2. The van der Waals surface area contributed by atoms with Gasteiger partial charge in [-0.1, -0.05) is 24.3 Å². The predicted octanol–water partition coefficient (Wildman–Crippen LogP) is 2.62. The molecule has 148 valence electrons. The zero-order chi connectivity index (χ0) is 20.1. The largest absolute Gasteiger partial charge is 0.378 e. The summed E-state index contributed by atoms with van der Waals surface area (Å²) in [7, 11) is 0.797. The molecule has 0 unspecified atom stereocenters. The van der Waals surface area contributed by atoms with Gasteiger partial charge >= 0.3 is 0 Å². The van der Waals surface area contributed by atoms with Gasteiger partial charge < -0.3 is 10.2 Å². The molecule has 2 aromatic rings. The first-order valence-electron chi connectivity index (χ1n) is 9.18. The molecule has 0 aliphatic carbocycles. The van der Waals surface area contributed by atoms with Gasteiger partial charge in [-0.15, -0.1) is 0 Å². The third kappa shape index (κ3) is 4.92. The molecular weight excluding hydrogens is 374 g/mol. The summed E-state index contributed by atoms with van der Waals surface area (Å²) in [4.78, 5) is 14.1. The number of benzene rings is 2. The fourth-order valence-corrected chi connectivity index (χ4v) is 4.58. The van der Waals surface area contributed by atoms with Crippen LogP contribution in [0, 0.1) is 0 Å². The fraction of sp³-hybridized carbons (Fsp3) is 0.286. The normalized spacial score (nSPS) is 15.7. The second-order valence-corrected chi connectivity index (χ2v) is 8.96. The minimum absolute atomic E-state index is 0.178. The zero-order valence-corrected chi connectivity index (χ0v) is 16.9. The fourth-order valence-electron chi connectivity index (χ4n) is 3.01. The molecule has 0 saturated carbocycles. The first-order chi connectivity index (χ1) is 13.3. The molecule has 0 bridgehead atoms. The highest BCUT2D eigenvalue weighted by atomic mass is 32.2. The number of carbonyl (C=O) groups is 1. The smallest absolute Gasteiger partial charge is 0.244 e. The van der Waals surface area contributed by atoms with E-state index in [9.17, 15) is 13.2 Å². The standard InChI is InChI=1S/C21H25N3O3S/c1-23(2)19-9-6-18(7-10-19)16-22-21(25)13-8-17-4-11-20(12-5-17)24-14-3-15-28(24,26)27/h4-13H,3,14-16H2,1-2H3,(H,22,25)/b13-8+. The molecule has 0 spiro atoms. The molecule has 2 aromatic carbocycles. The number of anilines is 2. The molecule has 1 aliphatic rings. The van der Waals surface area contributed by atoms with E-state index < -0.39 is 10.0 Å². The van der Waals surface area contributed by atoms with Crippen molar-refractivity contribution in [3.8, 4) is 0 Å². The quantitative estimate of drug-likeness (QED) is 0.758. The van der Waals surface area contributed by atoms with Crippen molar-refractivity contribution in [1.29, 1.82) is 0 Å². The van der Waals surface area contributed by atoms with Crippen LogP contribution in [0.15, 0.2) is 54.6 Å². The summed E-state index contributed by atoms with van der Waals surface area (Å²) in [5.74, 6) is 0.0232. The topological polar surface area (TPSA) is 69.7 Å². The van der Waals surface area contributed by atoms with E-state index in [1.807, 2.05) is 55.4 Å². The maximum absolute atomic E-state index is 12.0. The van der Waals surface area contributed by atoms with Gasteiger partial charge in [-0.05, 0) is 47.9 Å². The molecule has 7 heteroatoms. The molecule has 1 fully saturated rings. The Labute approximate surface area is 166 Å². The van der Waals surface area contributed by atoms with Crippen LogP contribution < -0.4 is 14.5 Å². The van der Waals surface area contributed by atoms with E-state index >= 15 is 0 Å². The van der Waals surface area contributed by atoms with Gasteiger partial charge in [0.1, 0.15) is 0 Å². The molecule has 1 aliphatic heterocycles. The van der Waals surface area contributed by atoms with E-state index in [1.54, 1.807) is 18.2 Å². The average Bonchev–Trinajstić information content (AvgIpc) is 3.04. The van der Waals surface area contributed by atoms with Crippen LogP contribution in [-0.4, -0.2) is 40.7 Å². The Balaban J connectivity index is 1.54. The van der Waals surface area contributed by atoms with Crippen molar-refractivity contribution in [3.63, 3.8) is 0 Å². The van der Waals surface area contributed by atoms with E-state index in [1.165, 1.54) is 10.4 Å². The Morgan fingerprint density at radius 2 is 1.79 bits per heavy atom. The minimum Gasteiger partial charge on any atom is -0.378 e. The van der Waals surface area contributed by atoms with Crippen LogP contribution in [0.4, 0.5) is 11.4 Å². The van der Waals surface area contributed by atoms with Crippen molar-refractivity contribution in [3.05, 3.63) is 65.7 Å². The van der Waals surface area contributed by atoms with Crippen LogP contribution in [0.25, 0.3) is 6.08 Å². The van der Waals surface area contributed by atoms with Crippen LogP contribution in [0.3, 0.4) is 0 Å². The van der Waals surface area contributed by atoms with Crippen molar-refractivity contribution >= 4 is 33.4 Å². The van der Waals surface area contributed by atoms with Crippen LogP contribution >= 0.6 is 0 Å². The number of rotatable bonds is 6. The van der Waals surface area contributed by atoms with Gasteiger partial charge in [0.2, 0.25) is 15.9 Å². The highest BCUT2D eigenvalue weighted by Crippen LogP contribution is 2.24. The van der Waals surface area contributed by atoms with E-state index in [2.05, 4.69) is 5.32 Å². The molecule has 28 heavy (non-hydrogen) atoms. The predicted molar refractivity (Wildman–Crippen MR) is 114 cm³/mol. The Hall–Kier alpha value is -2.80. The number of sulfonamides is 1. The number of amides is 1. The third-order valence-corrected chi connectivity index (χ3v) is 6.50. The highest BCUT2D eigenvalue weighted by Gasteiger charge is 2.28. The summed E-state index contributed by atoms with van der Waals surface area (Å²) >= 11 is 0. The highest BCUT2D eigenvalue weighted by molar-refractivity contribution is 7.93. The first kappa shape index (κ1) is 19.9. The molecule has 1 N–H and O–H groups in total. The Kier molecular flexibility index (Phi) is 6.04. The second-order valence-electron chi connectivity index (χ2n) is 6.95. The summed E-state index contributed by atoms with van der Waals surface area (Å²) in [6.07, 6.45) is 3.85. The minimum atomic E-state index is -3.17. The SMILES string of the molecule is CN(C)c1ccc(CNC(=O)/C=C/c2ccc(N3CCCS3(=O)=O)cc2)cc1. The number of carbonyl (C=O) groups excluding carboxylic acids is 1. The van der Waals surface area contributed by atoms with Crippen molar-refractivity contribution in [2.24, 2.45) is 0 Å².